The largest absolute Gasteiger partial charge is 0.326 e. The molecule has 0 radical (unpaired) electrons. The van der Waals surface area contributed by atoms with Crippen LogP contribution >= 0.6 is 0 Å². The number of nitrogens with one attached hydrogen (secondary N) is 1. The Morgan fingerprint density at radius 1 is 1.18 bits per heavy atom. The van der Waals surface area contributed by atoms with Crippen LogP contribution in [0.5, 0.6) is 0 Å². The van der Waals surface area contributed by atoms with Crippen LogP contribution < -0.4 is 5.32 Å². The first-order chi connectivity index (χ1) is 10.5. The zero-order valence-corrected chi connectivity index (χ0v) is 13.4. The lowest BCUT2D eigenvalue weighted by Gasteiger charge is -2.25. The molecule has 0 bridgehead atoms. The van der Waals surface area contributed by atoms with Crippen LogP contribution in [0.1, 0.15) is 32.1 Å². The fourth-order valence-electron chi connectivity index (χ4n) is 2.42. The lowest BCUT2D eigenvalue weighted by atomic mass is 10.2. The molecule has 0 aromatic heterocycles. The van der Waals surface area contributed by atoms with Crippen molar-refractivity contribution >= 4 is 21.6 Å². The number of nitrogens with zero attached hydrogens (tertiary/aromatic N) is 1. The van der Waals surface area contributed by atoms with Crippen molar-refractivity contribution in [2.45, 2.75) is 37.0 Å². The smallest absolute Gasteiger partial charge is 0.243 e. The first-order valence-electron chi connectivity index (χ1n) is 7.55. The molecule has 1 heterocycles. The zero-order valence-electron chi connectivity index (χ0n) is 12.6. The predicted molar refractivity (Wildman–Crippen MR) is 87.1 cm³/mol. The topological polar surface area (TPSA) is 66.5 Å². The van der Waals surface area contributed by atoms with E-state index in [1.807, 2.05) is 0 Å². The molecule has 120 valence electrons. The summed E-state index contributed by atoms with van der Waals surface area (Å²) in [5.41, 5.74) is 0.603. The third-order valence-electron chi connectivity index (χ3n) is 3.67. The molecule has 5 nitrogen and oxygen atoms in total. The Morgan fingerprint density at radius 2 is 1.82 bits per heavy atom. The third-order valence-corrected chi connectivity index (χ3v) is 5.58. The van der Waals surface area contributed by atoms with Crippen molar-refractivity contribution in [3.05, 3.63) is 36.9 Å². The summed E-state index contributed by atoms with van der Waals surface area (Å²) in [7, 11) is -3.41. The van der Waals surface area contributed by atoms with Gasteiger partial charge in [-0.25, -0.2) is 8.42 Å². The molecule has 1 aliphatic rings. The van der Waals surface area contributed by atoms with Crippen molar-refractivity contribution in [1.82, 2.24) is 4.31 Å². The average Bonchev–Trinajstić information content (AvgIpc) is 2.54. The lowest BCUT2D eigenvalue weighted by Crippen LogP contribution is -2.35. The van der Waals surface area contributed by atoms with Crippen LogP contribution in [0.2, 0.25) is 0 Å². The van der Waals surface area contributed by atoms with Gasteiger partial charge < -0.3 is 5.32 Å². The summed E-state index contributed by atoms with van der Waals surface area (Å²) in [5, 5.41) is 2.74. The van der Waals surface area contributed by atoms with Gasteiger partial charge in [0.2, 0.25) is 15.9 Å². The van der Waals surface area contributed by atoms with Gasteiger partial charge in [-0.05, 0) is 43.5 Å². The van der Waals surface area contributed by atoms with Crippen LogP contribution in [0.3, 0.4) is 0 Å². The van der Waals surface area contributed by atoms with E-state index in [0.29, 0.717) is 31.6 Å². The van der Waals surface area contributed by atoms with Gasteiger partial charge in [0.1, 0.15) is 0 Å². The van der Waals surface area contributed by atoms with E-state index in [2.05, 4.69) is 11.9 Å². The second-order valence-corrected chi connectivity index (χ2v) is 7.30. The maximum Gasteiger partial charge on any atom is 0.243 e. The lowest BCUT2D eigenvalue weighted by molar-refractivity contribution is -0.116. The van der Waals surface area contributed by atoms with Crippen molar-refractivity contribution in [3.8, 4) is 0 Å². The van der Waals surface area contributed by atoms with Crippen molar-refractivity contribution in [3.63, 3.8) is 0 Å². The van der Waals surface area contributed by atoms with Gasteiger partial charge in [-0.2, -0.15) is 4.31 Å². The first kappa shape index (κ1) is 16.7. The molecule has 1 aromatic rings. The molecule has 1 aliphatic heterocycles. The molecule has 6 heteroatoms. The molecule has 1 aromatic carbocycles. The fraction of sp³-hybridized carbons (Fsp3) is 0.438. The Morgan fingerprint density at radius 3 is 2.41 bits per heavy atom. The number of rotatable bonds is 6. The van der Waals surface area contributed by atoms with Gasteiger partial charge in [-0.3, -0.25) is 4.79 Å². The Hall–Kier alpha value is -1.66. The summed E-state index contributed by atoms with van der Waals surface area (Å²) in [6.07, 6.45) is 5.59. The highest BCUT2D eigenvalue weighted by Gasteiger charge is 2.25. The first-order valence-corrected chi connectivity index (χ1v) is 8.99. The van der Waals surface area contributed by atoms with E-state index in [0.717, 1.165) is 19.3 Å². The monoisotopic (exact) mass is 322 g/mol. The molecule has 0 saturated carbocycles. The Kier molecular flexibility index (Phi) is 5.74. The number of sulfonamides is 1. The Bertz CT molecular complexity index is 617. The fourth-order valence-corrected chi connectivity index (χ4v) is 3.94. The van der Waals surface area contributed by atoms with Crippen molar-refractivity contribution < 1.29 is 13.2 Å². The molecular weight excluding hydrogens is 300 g/mol. The second-order valence-electron chi connectivity index (χ2n) is 5.36. The summed E-state index contributed by atoms with van der Waals surface area (Å²) < 4.78 is 26.5. The molecule has 0 aliphatic carbocycles. The number of allylic oxidation sites excluding steroid dienone is 1. The number of carbonyl (C=O) groups excluding carboxylic acids is 1. The highest BCUT2D eigenvalue weighted by Crippen LogP contribution is 2.22. The van der Waals surface area contributed by atoms with E-state index in [1.54, 1.807) is 30.3 Å². The van der Waals surface area contributed by atoms with E-state index in [-0.39, 0.29) is 10.8 Å². The summed E-state index contributed by atoms with van der Waals surface area (Å²) >= 11 is 0. The molecule has 1 fully saturated rings. The zero-order chi connectivity index (χ0) is 16.0. The molecule has 1 saturated heterocycles. The minimum Gasteiger partial charge on any atom is -0.326 e. The van der Waals surface area contributed by atoms with Gasteiger partial charge in [0.05, 0.1) is 4.90 Å². The quantitative estimate of drug-likeness (QED) is 0.819. The minimum atomic E-state index is -3.41. The van der Waals surface area contributed by atoms with Gasteiger partial charge in [0.25, 0.3) is 0 Å². The molecule has 1 amide bonds. The molecule has 0 spiro atoms. The van der Waals surface area contributed by atoms with E-state index in [9.17, 15) is 13.2 Å². The number of hydrogen-bond donors (Lipinski definition) is 1. The van der Waals surface area contributed by atoms with Gasteiger partial charge in [-0.1, -0.05) is 12.5 Å². The Labute approximate surface area is 132 Å². The predicted octanol–water partition coefficient (Wildman–Crippen LogP) is 2.77. The van der Waals surface area contributed by atoms with Crippen LogP contribution in [-0.4, -0.2) is 31.7 Å². The Balaban J connectivity index is 2.04. The summed E-state index contributed by atoms with van der Waals surface area (Å²) in [6.45, 7) is 4.74. The van der Waals surface area contributed by atoms with Crippen LogP contribution in [-0.2, 0) is 14.8 Å². The number of piperidine rings is 1. The van der Waals surface area contributed by atoms with E-state index < -0.39 is 10.0 Å². The van der Waals surface area contributed by atoms with Crippen LogP contribution in [0.25, 0.3) is 0 Å². The molecular formula is C16H22N2O3S. The summed E-state index contributed by atoms with van der Waals surface area (Å²) in [4.78, 5) is 11.9. The third kappa shape index (κ3) is 4.18. The van der Waals surface area contributed by atoms with Gasteiger partial charge in [0.15, 0.2) is 0 Å². The van der Waals surface area contributed by atoms with E-state index in [4.69, 9.17) is 0 Å². The molecule has 1 N–H and O–H groups in total. The standard InChI is InChI=1S/C16H22N2O3S/c1-2-3-7-16(19)17-14-8-10-15(11-9-14)22(20,21)18-12-5-4-6-13-18/h2,8-11H,1,3-7,12-13H2,(H,17,19). The molecule has 0 atom stereocenters. The minimum absolute atomic E-state index is 0.105. The second kappa shape index (κ2) is 7.56. The SMILES string of the molecule is C=CCCC(=O)Nc1ccc(S(=O)(=O)N2CCCCC2)cc1. The van der Waals surface area contributed by atoms with Crippen molar-refractivity contribution in [1.29, 1.82) is 0 Å². The number of carbonyl (C=O) groups is 1. The van der Waals surface area contributed by atoms with Crippen molar-refractivity contribution in [2.75, 3.05) is 18.4 Å². The summed E-state index contributed by atoms with van der Waals surface area (Å²) in [6, 6.07) is 6.35. The number of anilines is 1. The van der Waals surface area contributed by atoms with Crippen LogP contribution in [0.4, 0.5) is 5.69 Å². The molecule has 2 rings (SSSR count). The van der Waals surface area contributed by atoms with Crippen molar-refractivity contribution in [2.24, 2.45) is 0 Å². The number of benzene rings is 1. The number of amides is 1. The number of hydrogen-bond acceptors (Lipinski definition) is 3. The molecule has 0 unspecified atom stereocenters. The summed E-state index contributed by atoms with van der Waals surface area (Å²) in [5.74, 6) is -0.105. The van der Waals surface area contributed by atoms with Gasteiger partial charge in [-0.15, -0.1) is 6.58 Å². The van der Waals surface area contributed by atoms with Gasteiger partial charge in [0, 0.05) is 25.2 Å². The maximum absolute atomic E-state index is 12.5. The van der Waals surface area contributed by atoms with Crippen LogP contribution in [0, 0.1) is 0 Å². The highest BCUT2D eigenvalue weighted by atomic mass is 32.2. The van der Waals surface area contributed by atoms with E-state index in [1.165, 1.54) is 4.31 Å². The van der Waals surface area contributed by atoms with Crippen LogP contribution in [0.15, 0.2) is 41.8 Å². The highest BCUT2D eigenvalue weighted by molar-refractivity contribution is 7.89. The molecule has 22 heavy (non-hydrogen) atoms. The van der Waals surface area contributed by atoms with E-state index >= 15 is 0 Å². The normalized spacial score (nSPS) is 16.2. The van der Waals surface area contributed by atoms with Gasteiger partial charge >= 0.3 is 0 Å². The average molecular weight is 322 g/mol. The maximum atomic E-state index is 12.5.